The number of rotatable bonds is 25. The summed E-state index contributed by atoms with van der Waals surface area (Å²) in [6, 6.07) is 12.1. The number of anilines is 2. The summed E-state index contributed by atoms with van der Waals surface area (Å²) in [5, 5.41) is 13.3. The van der Waals surface area contributed by atoms with E-state index in [9.17, 15) is 9.59 Å². The molecule has 2 aromatic rings. The zero-order valence-electron chi connectivity index (χ0n) is 28.4. The lowest BCUT2D eigenvalue weighted by Crippen LogP contribution is -2.26. The second-order valence-electron chi connectivity index (χ2n) is 12.1. The lowest BCUT2D eigenvalue weighted by atomic mass is 9.98. The summed E-state index contributed by atoms with van der Waals surface area (Å²) >= 11 is 0. The van der Waals surface area contributed by atoms with Gasteiger partial charge in [0.25, 0.3) is 11.8 Å². The minimum absolute atomic E-state index is 0.0465. The Morgan fingerprint density at radius 1 is 0.455 bits per heavy atom. The highest BCUT2D eigenvalue weighted by molar-refractivity contribution is 6.02. The summed E-state index contributed by atoms with van der Waals surface area (Å²) < 4.78 is 0. The van der Waals surface area contributed by atoms with Gasteiger partial charge in [-0.15, -0.1) is 0 Å². The molecule has 0 aromatic heterocycles. The fourth-order valence-corrected chi connectivity index (χ4v) is 5.38. The first-order chi connectivity index (χ1) is 21.5. The molecule has 2 amide bonds. The van der Waals surface area contributed by atoms with Crippen LogP contribution in [-0.4, -0.2) is 38.0 Å². The zero-order valence-corrected chi connectivity index (χ0v) is 28.4. The molecule has 6 heteroatoms. The molecule has 0 spiro atoms. The molecule has 0 aliphatic carbocycles. The van der Waals surface area contributed by atoms with Crippen LogP contribution in [0, 0.1) is 0 Å². The molecule has 0 heterocycles. The molecular formula is C38H62N4O2. The molecule has 0 atom stereocenters. The maximum absolute atomic E-state index is 13.4. The van der Waals surface area contributed by atoms with E-state index in [1.54, 1.807) is 0 Å². The molecule has 0 bridgehead atoms. The van der Waals surface area contributed by atoms with Crippen LogP contribution in [0.1, 0.15) is 151 Å². The first-order valence-electron chi connectivity index (χ1n) is 17.9. The molecule has 246 valence electrons. The van der Waals surface area contributed by atoms with Crippen LogP contribution >= 0.6 is 0 Å². The van der Waals surface area contributed by atoms with E-state index in [0.717, 1.165) is 74.1 Å². The van der Waals surface area contributed by atoms with Gasteiger partial charge in [0, 0.05) is 37.6 Å². The van der Waals surface area contributed by atoms with Gasteiger partial charge >= 0.3 is 0 Å². The Kier molecular flexibility index (Phi) is 19.7. The van der Waals surface area contributed by atoms with E-state index < -0.39 is 0 Å². The van der Waals surface area contributed by atoms with Crippen molar-refractivity contribution in [2.45, 2.75) is 130 Å². The van der Waals surface area contributed by atoms with Crippen LogP contribution in [0.4, 0.5) is 11.4 Å². The van der Waals surface area contributed by atoms with Gasteiger partial charge < -0.3 is 21.3 Å². The molecule has 0 saturated heterocycles. The van der Waals surface area contributed by atoms with Gasteiger partial charge in [0.15, 0.2) is 0 Å². The van der Waals surface area contributed by atoms with E-state index in [1.165, 1.54) is 64.2 Å². The lowest BCUT2D eigenvalue weighted by Gasteiger charge is -2.16. The minimum Gasteiger partial charge on any atom is -0.384 e. The Morgan fingerprint density at radius 3 is 1.14 bits per heavy atom. The number of carbonyl (C=O) groups excluding carboxylic acids is 2. The third kappa shape index (κ3) is 14.2. The van der Waals surface area contributed by atoms with Crippen LogP contribution < -0.4 is 21.3 Å². The molecule has 44 heavy (non-hydrogen) atoms. The fourth-order valence-electron chi connectivity index (χ4n) is 5.38. The summed E-state index contributed by atoms with van der Waals surface area (Å²) in [7, 11) is 0. The predicted molar refractivity (Wildman–Crippen MR) is 190 cm³/mol. The Labute approximate surface area is 268 Å². The monoisotopic (exact) mass is 606 g/mol. The maximum Gasteiger partial charge on any atom is 0.253 e. The van der Waals surface area contributed by atoms with Crippen molar-refractivity contribution in [1.82, 2.24) is 10.6 Å². The van der Waals surface area contributed by atoms with Crippen LogP contribution in [0.5, 0.6) is 0 Å². The average molecular weight is 607 g/mol. The van der Waals surface area contributed by atoms with Crippen molar-refractivity contribution in [3.63, 3.8) is 0 Å². The summed E-state index contributed by atoms with van der Waals surface area (Å²) in [6.45, 7) is 11.9. The van der Waals surface area contributed by atoms with E-state index >= 15 is 0 Å². The quantitative estimate of drug-likeness (QED) is 0.0848. The zero-order chi connectivity index (χ0) is 31.8. The Hall–Kier alpha value is -3.02. The molecule has 4 N–H and O–H groups in total. The Morgan fingerprint density at radius 2 is 0.795 bits per heavy atom. The molecule has 2 aromatic carbocycles. The summed E-state index contributed by atoms with van der Waals surface area (Å²) in [5.41, 5.74) is 4.92. The molecule has 0 fully saturated rings. The minimum atomic E-state index is -0.0465. The standard InChI is InChI=1S/C38H62N4O2/c1-5-9-13-17-25-39-35-23-21-31(29-33(35)37(43)41-27-19-15-11-7-3)32-22-24-36(40-26-18-14-10-6-2)34(30-32)38(44)42-28-20-16-12-8-4/h21-24,29-30,39-40H,5-20,25-28H2,1-4H3,(H,41,43)(H,42,44). The smallest absolute Gasteiger partial charge is 0.253 e. The highest BCUT2D eigenvalue weighted by Gasteiger charge is 2.16. The molecule has 0 aliphatic rings. The van der Waals surface area contributed by atoms with Crippen LogP contribution in [0.2, 0.25) is 0 Å². The molecule has 6 nitrogen and oxygen atoms in total. The third-order valence-electron chi connectivity index (χ3n) is 8.19. The Bertz CT molecular complexity index is 999. The van der Waals surface area contributed by atoms with Crippen LogP contribution in [0.3, 0.4) is 0 Å². The summed E-state index contributed by atoms with van der Waals surface area (Å²) in [5.74, 6) is -0.0929. The van der Waals surface area contributed by atoms with Gasteiger partial charge in [-0.1, -0.05) is 117 Å². The van der Waals surface area contributed by atoms with Crippen molar-refractivity contribution in [2.24, 2.45) is 0 Å². The summed E-state index contributed by atoms with van der Waals surface area (Å²) in [6.07, 6.45) is 18.3. The largest absolute Gasteiger partial charge is 0.384 e. The third-order valence-corrected chi connectivity index (χ3v) is 8.19. The highest BCUT2D eigenvalue weighted by Crippen LogP contribution is 2.29. The normalized spacial score (nSPS) is 10.9. The van der Waals surface area contributed by atoms with E-state index in [2.05, 4.69) is 61.1 Å². The highest BCUT2D eigenvalue weighted by atomic mass is 16.2. The number of hydrogen-bond donors (Lipinski definition) is 4. The van der Waals surface area contributed by atoms with Gasteiger partial charge in [-0.2, -0.15) is 0 Å². The molecular weight excluding hydrogens is 544 g/mol. The number of amides is 2. The van der Waals surface area contributed by atoms with Gasteiger partial charge in [-0.25, -0.2) is 0 Å². The molecule has 0 aliphatic heterocycles. The van der Waals surface area contributed by atoms with Crippen LogP contribution in [-0.2, 0) is 0 Å². The molecule has 0 radical (unpaired) electrons. The number of unbranched alkanes of at least 4 members (excludes halogenated alkanes) is 12. The lowest BCUT2D eigenvalue weighted by molar-refractivity contribution is 0.0945. The van der Waals surface area contributed by atoms with Crippen LogP contribution in [0.15, 0.2) is 36.4 Å². The van der Waals surface area contributed by atoms with E-state index in [0.29, 0.717) is 24.2 Å². The van der Waals surface area contributed by atoms with E-state index in [4.69, 9.17) is 0 Å². The number of hydrogen-bond acceptors (Lipinski definition) is 4. The van der Waals surface area contributed by atoms with Crippen molar-refractivity contribution in [1.29, 1.82) is 0 Å². The van der Waals surface area contributed by atoms with Crippen molar-refractivity contribution >= 4 is 23.2 Å². The second kappa shape index (κ2) is 23.4. The van der Waals surface area contributed by atoms with Crippen molar-refractivity contribution in [3.05, 3.63) is 47.5 Å². The van der Waals surface area contributed by atoms with Crippen molar-refractivity contribution in [3.8, 4) is 11.1 Å². The average Bonchev–Trinajstić information content (AvgIpc) is 3.04. The predicted octanol–water partition coefficient (Wildman–Crippen LogP) is 9.96. The maximum atomic E-state index is 13.4. The topological polar surface area (TPSA) is 82.3 Å². The summed E-state index contributed by atoms with van der Waals surface area (Å²) in [4.78, 5) is 26.8. The van der Waals surface area contributed by atoms with Crippen LogP contribution in [0.25, 0.3) is 11.1 Å². The molecule has 0 unspecified atom stereocenters. The SMILES string of the molecule is CCCCCCNC(=O)c1cc(-c2ccc(NCCCCCC)c(C(=O)NCCCCCC)c2)ccc1NCCCCCC. The Balaban J connectivity index is 2.30. The second-order valence-corrected chi connectivity index (χ2v) is 12.1. The van der Waals surface area contributed by atoms with E-state index in [1.807, 2.05) is 24.3 Å². The molecule has 2 rings (SSSR count). The first kappa shape index (κ1) is 37.2. The van der Waals surface area contributed by atoms with Gasteiger partial charge in [0.2, 0.25) is 0 Å². The van der Waals surface area contributed by atoms with Gasteiger partial charge in [0.1, 0.15) is 0 Å². The van der Waals surface area contributed by atoms with Crippen molar-refractivity contribution < 1.29 is 9.59 Å². The van der Waals surface area contributed by atoms with Crippen molar-refractivity contribution in [2.75, 3.05) is 36.8 Å². The number of benzene rings is 2. The fraction of sp³-hybridized carbons (Fsp3) is 0.632. The number of carbonyl (C=O) groups is 2. The van der Waals surface area contributed by atoms with Gasteiger partial charge in [0.05, 0.1) is 11.1 Å². The van der Waals surface area contributed by atoms with Gasteiger partial charge in [-0.05, 0) is 61.1 Å². The molecule has 0 saturated carbocycles. The number of nitrogens with one attached hydrogen (secondary N) is 4. The van der Waals surface area contributed by atoms with E-state index in [-0.39, 0.29) is 11.8 Å². The first-order valence-corrected chi connectivity index (χ1v) is 17.9. The van der Waals surface area contributed by atoms with Gasteiger partial charge in [-0.3, -0.25) is 9.59 Å².